The zero-order chi connectivity index (χ0) is 73.1. The summed E-state index contributed by atoms with van der Waals surface area (Å²) in [5.41, 5.74) is 0. The molecule has 40 atom stereocenters. The molecule has 572 valence electrons. The molecule has 0 bridgehead atoms. The number of nitrogens with one attached hydrogen (secondary N) is 4. The zero-order valence-electron chi connectivity index (χ0n) is 54.0. The molecule has 43 nitrogen and oxygen atoms in total. The van der Waals surface area contributed by atoms with Gasteiger partial charge in [0.25, 0.3) is 0 Å². The lowest BCUT2D eigenvalue weighted by molar-refractivity contribution is -0.400. The summed E-state index contributed by atoms with van der Waals surface area (Å²) >= 11 is 0. The number of hydrogen-bond acceptors (Lipinski definition) is 39. The lowest BCUT2D eigenvalue weighted by Gasteiger charge is -2.52. The Bertz CT molecular complexity index is 2600. The van der Waals surface area contributed by atoms with Crippen LogP contribution < -0.4 is 21.3 Å². The Morgan fingerprint density at radius 1 is 0.283 bits per heavy atom. The Kier molecular flexibility index (Phi) is 28.7. The fourth-order valence-electron chi connectivity index (χ4n) is 12.9. The van der Waals surface area contributed by atoms with Crippen molar-refractivity contribution >= 4 is 23.6 Å². The molecule has 99 heavy (non-hydrogen) atoms. The highest BCUT2D eigenvalue weighted by atomic mass is 16.8. The maximum Gasteiger partial charge on any atom is 0.217 e. The van der Waals surface area contributed by atoms with Crippen molar-refractivity contribution in [3.05, 3.63) is 0 Å². The molecule has 8 fully saturated rings. The van der Waals surface area contributed by atoms with Crippen LogP contribution in [0.2, 0.25) is 0 Å². The van der Waals surface area contributed by atoms with Gasteiger partial charge in [-0.2, -0.15) is 0 Å². The zero-order valence-corrected chi connectivity index (χ0v) is 54.0. The molecule has 0 aromatic rings. The van der Waals surface area contributed by atoms with Crippen molar-refractivity contribution in [3.8, 4) is 0 Å². The molecular weight excluding hydrogens is 1350 g/mol. The van der Waals surface area contributed by atoms with Gasteiger partial charge in [0.05, 0.1) is 51.8 Å². The Morgan fingerprint density at radius 3 is 1.17 bits per heavy atom. The van der Waals surface area contributed by atoms with Gasteiger partial charge in [-0.25, -0.2) is 0 Å². The standard InChI is InChI=1S/C56H94N4O39/c1-13-29(70)37(78)40(81)53(86-13)95-44-23(11-65)93-52(28(60-18(6)69)46(44)97-56-48(39(80)32(73)20(8-62)91-56)99-54-41(82)38(79)30(71)14(2)87-54)98-47-33(74)21(9-63)90-55(42(47)83)94-43-22(10-64)92-50(26(36(43)77)58-16(4)67)85-12-24-34(75)45(27(49(84)88-24)59-17(5)68)96-51-25(57-15(3)66)35(76)31(72)19(7-61)89-51/h13-14,19-56,61-65,70-84H,7-12H2,1-6H3,(H,57,66)(H,58,67)(H,59,68)(H,60,69)/t13-,14-,19+,20+,21+,22+,23+,24+,25+,26+,27+,28+,29+,30+,31+,32-,33-,34-,35+,36+,37+,38+,39-,40-,41-,42+,43+,44+,45+,46+,47-,48+,49-,50+,51-,52-,53-,54-,55-,56-/m0/s1. The number of carbonyl (C=O) groups is 4. The normalized spacial score (nSPS) is 49.1. The third-order valence-electron chi connectivity index (χ3n) is 18.2. The minimum absolute atomic E-state index is 0.758. The maximum atomic E-state index is 13.4. The highest BCUT2D eigenvalue weighted by Gasteiger charge is 2.60. The molecule has 4 amide bonds. The van der Waals surface area contributed by atoms with Crippen LogP contribution in [0.3, 0.4) is 0 Å². The number of rotatable bonds is 24. The van der Waals surface area contributed by atoms with Crippen LogP contribution in [0, 0.1) is 0 Å². The number of aliphatic hydroxyl groups is 20. The third-order valence-corrected chi connectivity index (χ3v) is 18.2. The minimum Gasteiger partial charge on any atom is -0.394 e. The van der Waals surface area contributed by atoms with Gasteiger partial charge in [0.1, 0.15) is 183 Å². The van der Waals surface area contributed by atoms with E-state index in [0.717, 1.165) is 27.7 Å². The monoisotopic (exact) mass is 1450 g/mol. The Hall–Kier alpha value is -3.52. The van der Waals surface area contributed by atoms with Crippen LogP contribution in [0.5, 0.6) is 0 Å². The first-order valence-electron chi connectivity index (χ1n) is 31.8. The summed E-state index contributed by atoms with van der Waals surface area (Å²) in [6.45, 7) is 0.401. The van der Waals surface area contributed by atoms with Crippen LogP contribution in [0.25, 0.3) is 0 Å². The highest BCUT2D eigenvalue weighted by molar-refractivity contribution is 5.74. The van der Waals surface area contributed by atoms with E-state index in [1.54, 1.807) is 0 Å². The Labute approximate surface area is 562 Å². The van der Waals surface area contributed by atoms with E-state index in [4.69, 9.17) is 71.1 Å². The van der Waals surface area contributed by atoms with E-state index >= 15 is 0 Å². The fraction of sp³-hybridized carbons (Fsp3) is 0.929. The molecule has 0 saturated carbocycles. The molecule has 8 saturated heterocycles. The van der Waals surface area contributed by atoms with Gasteiger partial charge >= 0.3 is 0 Å². The van der Waals surface area contributed by atoms with Crippen molar-refractivity contribution in [2.24, 2.45) is 0 Å². The van der Waals surface area contributed by atoms with E-state index in [9.17, 15) is 121 Å². The van der Waals surface area contributed by atoms with Crippen LogP contribution in [0.4, 0.5) is 0 Å². The minimum atomic E-state index is -2.37. The fourth-order valence-corrected chi connectivity index (χ4v) is 12.9. The smallest absolute Gasteiger partial charge is 0.217 e. The van der Waals surface area contributed by atoms with E-state index in [0.29, 0.717) is 0 Å². The summed E-state index contributed by atoms with van der Waals surface area (Å²) in [7, 11) is 0. The first kappa shape index (κ1) is 81.2. The van der Waals surface area contributed by atoms with Gasteiger partial charge in [-0.3, -0.25) is 19.2 Å². The van der Waals surface area contributed by atoms with Crippen molar-refractivity contribution < 1.29 is 192 Å². The summed E-state index contributed by atoms with van der Waals surface area (Å²) in [6.07, 6.45) is -69.4. The van der Waals surface area contributed by atoms with E-state index in [2.05, 4.69) is 21.3 Å². The molecular formula is C56H94N4O39. The molecule has 24 N–H and O–H groups in total. The first-order valence-corrected chi connectivity index (χ1v) is 31.8. The van der Waals surface area contributed by atoms with Crippen molar-refractivity contribution in [2.75, 3.05) is 39.6 Å². The van der Waals surface area contributed by atoms with Gasteiger partial charge in [0.2, 0.25) is 23.6 Å². The average Bonchev–Trinajstić information content (AvgIpc) is 0.767. The molecule has 0 aromatic heterocycles. The molecule has 43 heteroatoms. The van der Waals surface area contributed by atoms with Gasteiger partial charge in [-0.15, -0.1) is 0 Å². The van der Waals surface area contributed by atoms with Crippen LogP contribution in [0.15, 0.2) is 0 Å². The topological polar surface area (TPSA) is 659 Å². The largest absolute Gasteiger partial charge is 0.394 e. The molecule has 8 aliphatic heterocycles. The van der Waals surface area contributed by atoms with Crippen LogP contribution in [0.1, 0.15) is 41.5 Å². The van der Waals surface area contributed by atoms with Gasteiger partial charge in [0.15, 0.2) is 50.3 Å². The molecule has 8 heterocycles. The molecule has 8 aliphatic rings. The molecule has 0 unspecified atom stereocenters. The molecule has 0 spiro atoms. The van der Waals surface area contributed by atoms with Crippen molar-refractivity contribution in [1.82, 2.24) is 21.3 Å². The Balaban J connectivity index is 1.06. The summed E-state index contributed by atoms with van der Waals surface area (Å²) in [4.78, 5) is 50.9. The third kappa shape index (κ3) is 18.1. The number of ether oxygens (including phenoxy) is 15. The highest BCUT2D eigenvalue weighted by Crippen LogP contribution is 2.39. The number of hydrogen-bond donors (Lipinski definition) is 24. The predicted molar refractivity (Wildman–Crippen MR) is 308 cm³/mol. The van der Waals surface area contributed by atoms with Crippen molar-refractivity contribution in [2.45, 2.75) is 287 Å². The van der Waals surface area contributed by atoms with Gasteiger partial charge in [0, 0.05) is 27.7 Å². The molecule has 8 rings (SSSR count). The van der Waals surface area contributed by atoms with Gasteiger partial charge < -0.3 is 194 Å². The van der Waals surface area contributed by atoms with Crippen LogP contribution >= 0.6 is 0 Å². The van der Waals surface area contributed by atoms with Crippen molar-refractivity contribution in [1.29, 1.82) is 0 Å². The maximum absolute atomic E-state index is 13.4. The van der Waals surface area contributed by atoms with Crippen LogP contribution in [-0.2, 0) is 90.2 Å². The van der Waals surface area contributed by atoms with Gasteiger partial charge in [-0.05, 0) is 13.8 Å². The predicted octanol–water partition coefficient (Wildman–Crippen LogP) is -15.8. The van der Waals surface area contributed by atoms with Crippen molar-refractivity contribution in [3.63, 3.8) is 0 Å². The lowest BCUT2D eigenvalue weighted by atomic mass is 9.93. The number of amides is 4. The molecule has 0 aromatic carbocycles. The van der Waals surface area contributed by atoms with E-state index in [1.807, 2.05) is 0 Å². The number of aliphatic hydroxyl groups excluding tert-OH is 20. The SMILES string of the molecule is CC(=O)N[C@@H]1[C@@H](O[C@@H]2O[C@H](CO)[C@@H](O)[C@H](O)[C@H]2NC(C)=O)[C@@H](O)[C@@H](CO[C@@H]2O[C@H](CO)[C@@H](O[C@@H]3O[C@H](CO)[C@H](O)[C@H](O[C@@H]4O[C@H](CO)[C@@H](O[C@@H]5O[C@@H](C)[C@@H](O)[C@@H](O)[C@@H]5O)[C@H](O[C@@H]5O[C@H](CO)[C@H](O)[C@H](O)[C@H]5O[C@@H]5O[C@@H](C)[C@@H](O)[C@@H](O)[C@@H]5O)[C@H]4NC(C)=O)[C@H]3O)[C@H](O)[C@H]2NC(C)=O)O[C@@H]1O. The second-order valence-corrected chi connectivity index (χ2v) is 25.3. The van der Waals surface area contributed by atoms with E-state index in [-0.39, 0.29) is 0 Å². The second-order valence-electron chi connectivity index (χ2n) is 25.3. The molecule has 0 radical (unpaired) electrons. The summed E-state index contributed by atoms with van der Waals surface area (Å²) in [5, 5.41) is 231. The summed E-state index contributed by atoms with van der Waals surface area (Å²) in [5.74, 6) is -3.38. The van der Waals surface area contributed by atoms with E-state index in [1.165, 1.54) is 13.8 Å². The quantitative estimate of drug-likeness (QED) is 0.0427. The number of carbonyl (C=O) groups excluding carboxylic acids is 4. The lowest BCUT2D eigenvalue weighted by Crippen LogP contribution is -2.72. The van der Waals surface area contributed by atoms with E-state index < -0.39 is 309 Å². The Morgan fingerprint density at radius 2 is 0.646 bits per heavy atom. The van der Waals surface area contributed by atoms with Crippen LogP contribution in [-0.4, -0.2) is 411 Å². The molecule has 0 aliphatic carbocycles. The second kappa shape index (κ2) is 35.0. The average molecular weight is 1450 g/mol. The van der Waals surface area contributed by atoms with Gasteiger partial charge in [-0.1, -0.05) is 0 Å². The summed E-state index contributed by atoms with van der Waals surface area (Å²) in [6, 6.07) is -7.01. The summed E-state index contributed by atoms with van der Waals surface area (Å²) < 4.78 is 89.3. The first-order chi connectivity index (χ1) is 46.7.